The molecule has 0 unspecified atom stereocenters. The third-order valence-electron chi connectivity index (χ3n) is 4.26. The Hall–Kier alpha value is -1.51. The third kappa shape index (κ3) is 1.88. The number of amidine groups is 1. The molecule has 0 saturated heterocycles. The molecule has 1 aliphatic rings. The van der Waals surface area contributed by atoms with E-state index in [-0.39, 0.29) is 22.4 Å². The third-order valence-corrected chi connectivity index (χ3v) is 4.26. The van der Waals surface area contributed by atoms with Crippen molar-refractivity contribution in [2.75, 3.05) is 0 Å². The Morgan fingerprint density at radius 2 is 1.56 bits per heavy atom. The molecule has 4 N–H and O–H groups in total. The largest absolute Gasteiger partial charge is 0.507 e. The first kappa shape index (κ1) is 12.9. The van der Waals surface area contributed by atoms with Gasteiger partial charge in [0.05, 0.1) is 5.56 Å². The summed E-state index contributed by atoms with van der Waals surface area (Å²) >= 11 is 0. The van der Waals surface area contributed by atoms with Crippen LogP contribution in [0, 0.1) is 5.41 Å². The summed E-state index contributed by atoms with van der Waals surface area (Å²) in [6.45, 7) is 8.83. The zero-order valence-electron chi connectivity index (χ0n) is 11.6. The SMILES string of the molecule is CC1(C)CCC(C)(C)c2cc(C(=N)N)c(O)cc21. The number of phenolic OH excluding ortho intramolecular Hbond substituents is 1. The molecule has 2 rings (SSSR count). The highest BCUT2D eigenvalue weighted by Gasteiger charge is 2.37. The molecule has 0 spiro atoms. The van der Waals surface area contributed by atoms with Crippen LogP contribution < -0.4 is 5.73 Å². The first-order valence-corrected chi connectivity index (χ1v) is 6.37. The molecule has 0 fully saturated rings. The van der Waals surface area contributed by atoms with Gasteiger partial charge in [0.2, 0.25) is 0 Å². The lowest BCUT2D eigenvalue weighted by atomic mass is 9.63. The number of rotatable bonds is 1. The second-order valence-electron chi connectivity index (χ2n) is 6.60. The molecule has 0 amide bonds. The predicted molar refractivity (Wildman–Crippen MR) is 74.4 cm³/mol. The van der Waals surface area contributed by atoms with Crippen molar-refractivity contribution >= 4 is 5.84 Å². The van der Waals surface area contributed by atoms with Gasteiger partial charge in [-0.05, 0) is 46.9 Å². The highest BCUT2D eigenvalue weighted by molar-refractivity contribution is 5.98. The summed E-state index contributed by atoms with van der Waals surface area (Å²) in [5.74, 6) is 0.0431. The molecule has 1 aromatic rings. The van der Waals surface area contributed by atoms with Crippen LogP contribution in [0.1, 0.15) is 57.2 Å². The molecule has 3 heteroatoms. The average molecular weight is 246 g/mol. The van der Waals surface area contributed by atoms with E-state index in [2.05, 4.69) is 27.7 Å². The highest BCUT2D eigenvalue weighted by atomic mass is 16.3. The summed E-state index contributed by atoms with van der Waals surface area (Å²) in [6.07, 6.45) is 2.21. The summed E-state index contributed by atoms with van der Waals surface area (Å²) in [7, 11) is 0. The van der Waals surface area contributed by atoms with E-state index in [1.807, 2.05) is 6.07 Å². The van der Waals surface area contributed by atoms with Gasteiger partial charge in [-0.3, -0.25) is 5.41 Å². The van der Waals surface area contributed by atoms with Crippen molar-refractivity contribution in [3.8, 4) is 5.75 Å². The van der Waals surface area contributed by atoms with Crippen molar-refractivity contribution in [3.05, 3.63) is 28.8 Å². The smallest absolute Gasteiger partial charge is 0.126 e. The Bertz CT molecular complexity index is 515. The molecule has 98 valence electrons. The van der Waals surface area contributed by atoms with Gasteiger partial charge in [0.15, 0.2) is 0 Å². The van der Waals surface area contributed by atoms with E-state index in [0.717, 1.165) is 12.8 Å². The number of nitrogen functional groups attached to an aromatic ring is 1. The minimum absolute atomic E-state index is 0.0671. The lowest BCUT2D eigenvalue weighted by molar-refractivity contribution is 0.329. The van der Waals surface area contributed by atoms with E-state index >= 15 is 0 Å². The molecule has 0 radical (unpaired) electrons. The fraction of sp³-hybridized carbons (Fsp3) is 0.533. The van der Waals surface area contributed by atoms with Crippen molar-refractivity contribution < 1.29 is 5.11 Å². The molecule has 0 saturated carbocycles. The lowest BCUT2D eigenvalue weighted by Crippen LogP contribution is -2.34. The maximum absolute atomic E-state index is 10.0. The predicted octanol–water partition coefficient (Wildman–Crippen LogP) is 3.03. The summed E-state index contributed by atoms with van der Waals surface area (Å²) in [5, 5.41) is 17.6. The van der Waals surface area contributed by atoms with Crippen LogP contribution in [0.5, 0.6) is 5.75 Å². The van der Waals surface area contributed by atoms with Crippen molar-refractivity contribution in [3.63, 3.8) is 0 Å². The first-order valence-electron chi connectivity index (χ1n) is 6.37. The van der Waals surface area contributed by atoms with Gasteiger partial charge >= 0.3 is 0 Å². The maximum atomic E-state index is 10.0. The molecular weight excluding hydrogens is 224 g/mol. The van der Waals surface area contributed by atoms with E-state index in [0.29, 0.717) is 5.56 Å². The zero-order valence-corrected chi connectivity index (χ0v) is 11.6. The van der Waals surface area contributed by atoms with Gasteiger partial charge in [0, 0.05) is 0 Å². The molecule has 0 atom stereocenters. The number of nitrogens with one attached hydrogen (secondary N) is 1. The van der Waals surface area contributed by atoms with E-state index in [1.54, 1.807) is 6.07 Å². The van der Waals surface area contributed by atoms with E-state index in [9.17, 15) is 5.11 Å². The van der Waals surface area contributed by atoms with Gasteiger partial charge in [-0.2, -0.15) is 0 Å². The van der Waals surface area contributed by atoms with E-state index in [1.165, 1.54) is 11.1 Å². The number of fused-ring (bicyclic) bond motifs is 1. The zero-order chi connectivity index (χ0) is 13.7. The van der Waals surface area contributed by atoms with Crippen LogP contribution in [-0.2, 0) is 10.8 Å². The number of benzene rings is 1. The van der Waals surface area contributed by atoms with Gasteiger partial charge in [0.1, 0.15) is 11.6 Å². The van der Waals surface area contributed by atoms with E-state index in [4.69, 9.17) is 11.1 Å². The Morgan fingerprint density at radius 1 is 1.11 bits per heavy atom. The topological polar surface area (TPSA) is 70.1 Å². The fourth-order valence-electron chi connectivity index (χ4n) is 2.82. The summed E-state index contributed by atoms with van der Waals surface area (Å²) < 4.78 is 0. The quantitative estimate of drug-likeness (QED) is 0.526. The van der Waals surface area contributed by atoms with Crippen LogP contribution in [0.25, 0.3) is 0 Å². The van der Waals surface area contributed by atoms with E-state index < -0.39 is 0 Å². The molecule has 18 heavy (non-hydrogen) atoms. The van der Waals surface area contributed by atoms with Gasteiger partial charge < -0.3 is 10.8 Å². The molecular formula is C15H22N2O. The van der Waals surface area contributed by atoms with Gasteiger partial charge in [-0.15, -0.1) is 0 Å². The van der Waals surface area contributed by atoms with Crippen LogP contribution >= 0.6 is 0 Å². The van der Waals surface area contributed by atoms with Gasteiger partial charge in [0.25, 0.3) is 0 Å². The number of nitrogens with two attached hydrogens (primary N) is 1. The summed E-state index contributed by atoms with van der Waals surface area (Å²) in [4.78, 5) is 0. The van der Waals surface area contributed by atoms with Crippen LogP contribution in [-0.4, -0.2) is 10.9 Å². The monoisotopic (exact) mass is 246 g/mol. The molecule has 1 aromatic carbocycles. The van der Waals surface area contributed by atoms with Crippen molar-refractivity contribution in [2.45, 2.75) is 51.4 Å². The van der Waals surface area contributed by atoms with Crippen LogP contribution in [0.3, 0.4) is 0 Å². The lowest BCUT2D eigenvalue weighted by Gasteiger charge is -2.42. The normalized spacial score (nSPS) is 20.2. The Kier molecular flexibility index (Phi) is 2.69. The molecule has 0 aliphatic heterocycles. The average Bonchev–Trinajstić information content (AvgIpc) is 2.24. The van der Waals surface area contributed by atoms with Crippen molar-refractivity contribution in [1.82, 2.24) is 0 Å². The highest BCUT2D eigenvalue weighted by Crippen LogP contribution is 2.47. The second-order valence-corrected chi connectivity index (χ2v) is 6.60. The molecule has 0 bridgehead atoms. The maximum Gasteiger partial charge on any atom is 0.126 e. The number of aromatic hydroxyl groups is 1. The molecule has 0 heterocycles. The fourth-order valence-corrected chi connectivity index (χ4v) is 2.82. The first-order chi connectivity index (χ1) is 8.15. The molecule has 3 nitrogen and oxygen atoms in total. The Morgan fingerprint density at radius 3 is 2.00 bits per heavy atom. The number of hydrogen-bond donors (Lipinski definition) is 3. The number of phenols is 1. The van der Waals surface area contributed by atoms with Crippen molar-refractivity contribution in [2.24, 2.45) is 5.73 Å². The molecule has 0 aromatic heterocycles. The van der Waals surface area contributed by atoms with Gasteiger partial charge in [-0.1, -0.05) is 27.7 Å². The summed E-state index contributed by atoms with van der Waals surface area (Å²) in [5.41, 5.74) is 8.50. The van der Waals surface area contributed by atoms with Crippen LogP contribution in [0.2, 0.25) is 0 Å². The van der Waals surface area contributed by atoms with Crippen LogP contribution in [0.4, 0.5) is 0 Å². The summed E-state index contributed by atoms with van der Waals surface area (Å²) in [6, 6.07) is 3.70. The standard InChI is InChI=1S/C15H22N2O/c1-14(2)5-6-15(3,4)11-8-12(18)9(13(16)17)7-10(11)14/h7-8,18H,5-6H2,1-4H3,(H3,16,17). The van der Waals surface area contributed by atoms with Crippen molar-refractivity contribution in [1.29, 1.82) is 5.41 Å². The minimum Gasteiger partial charge on any atom is -0.507 e. The number of hydrogen-bond acceptors (Lipinski definition) is 2. The van der Waals surface area contributed by atoms with Gasteiger partial charge in [-0.25, -0.2) is 0 Å². The minimum atomic E-state index is -0.0746. The molecule has 1 aliphatic carbocycles. The Labute approximate surface area is 109 Å². The van der Waals surface area contributed by atoms with Crippen LogP contribution in [0.15, 0.2) is 12.1 Å². The second kappa shape index (κ2) is 3.74. The Balaban J connectivity index is 2.73.